The molecule has 0 nitrogen and oxygen atoms in total. The van der Waals surface area contributed by atoms with Crippen molar-refractivity contribution in [2.75, 3.05) is 0 Å². The highest BCUT2D eigenvalue weighted by Gasteiger charge is 2.39. The van der Waals surface area contributed by atoms with E-state index >= 15 is 8.63 Å². The van der Waals surface area contributed by atoms with Gasteiger partial charge in [0.2, 0.25) is 0 Å². The lowest BCUT2D eigenvalue weighted by Gasteiger charge is -2.21. The van der Waals surface area contributed by atoms with Crippen LogP contribution in [0.1, 0.15) is 0 Å². The Morgan fingerprint density at radius 2 is 0.688 bits per heavy atom. The highest BCUT2D eigenvalue weighted by molar-refractivity contribution is 7.31. The highest BCUT2D eigenvalue weighted by atomic mass is 19.2. The molecule has 6 rings (SSSR count). The Morgan fingerprint density at radius 3 is 0.969 bits per heavy atom. The summed E-state index contributed by atoms with van der Waals surface area (Å²) in [6.45, 7) is -1.05. The molecule has 32 heavy (non-hydrogen) atoms. The van der Waals surface area contributed by atoms with Gasteiger partial charge in [0.1, 0.15) is 0 Å². The third-order valence-electron chi connectivity index (χ3n) is 6.50. The summed E-state index contributed by atoms with van der Waals surface area (Å²) in [6, 6.07) is 35.7. The lowest BCUT2D eigenvalue weighted by molar-refractivity contribution is 0.695. The normalized spacial score (nSPS) is 11.4. The van der Waals surface area contributed by atoms with E-state index in [1.807, 2.05) is 97.1 Å². The second-order valence-corrected chi connectivity index (χ2v) is 8.28. The first-order valence-electron chi connectivity index (χ1n) is 10.8. The van der Waals surface area contributed by atoms with E-state index in [9.17, 15) is 0 Å². The molecule has 0 aliphatic rings. The summed E-state index contributed by atoms with van der Waals surface area (Å²) in [5.74, 6) is 0. The molecule has 6 aromatic carbocycles. The van der Waals surface area contributed by atoms with Crippen LogP contribution in [-0.4, -0.2) is 13.8 Å². The average molecular weight is 414 g/mol. The number of halogens is 2. The molecule has 0 aromatic heterocycles. The van der Waals surface area contributed by atoms with E-state index in [0.29, 0.717) is 10.9 Å². The van der Waals surface area contributed by atoms with Crippen molar-refractivity contribution in [3.8, 4) is 0 Å². The van der Waals surface area contributed by atoms with Gasteiger partial charge in [-0.15, -0.1) is 0 Å². The summed E-state index contributed by atoms with van der Waals surface area (Å²) in [5.41, 5.74) is 1.41. The van der Waals surface area contributed by atoms with Crippen molar-refractivity contribution in [2.24, 2.45) is 0 Å². The van der Waals surface area contributed by atoms with Crippen molar-refractivity contribution >= 4 is 67.8 Å². The Balaban J connectivity index is 1.83. The molecule has 0 aliphatic heterocycles. The molecule has 0 fully saturated rings. The molecule has 0 bridgehead atoms. The van der Waals surface area contributed by atoms with Crippen LogP contribution >= 0.6 is 0 Å². The minimum absolute atomic E-state index is 0.704. The molecular weight excluding hydrogens is 396 g/mol. The fraction of sp³-hybridized carbons (Fsp3) is 0. The number of rotatable bonds is 3. The topological polar surface area (TPSA) is 0 Å². The quantitative estimate of drug-likeness (QED) is 0.232. The van der Waals surface area contributed by atoms with Crippen LogP contribution < -0.4 is 10.9 Å². The maximum atomic E-state index is 15.2. The second kappa shape index (κ2) is 7.49. The SMILES string of the molecule is FB(F)B(c1c2ccccc2cc2ccccc12)c1c2ccccc2cc2ccccc12. The zero-order valence-electron chi connectivity index (χ0n) is 17.3. The molecule has 0 amide bonds. The number of hydrogen-bond acceptors (Lipinski definition) is 0. The summed E-state index contributed by atoms with van der Waals surface area (Å²) in [5, 5.41) is 7.46. The summed E-state index contributed by atoms with van der Waals surface area (Å²) in [6.07, 6.45) is 0. The van der Waals surface area contributed by atoms with Gasteiger partial charge in [0, 0.05) is 0 Å². The fourth-order valence-electron chi connectivity index (χ4n) is 5.16. The first-order valence-corrected chi connectivity index (χ1v) is 10.8. The first-order chi connectivity index (χ1) is 15.7. The van der Waals surface area contributed by atoms with Gasteiger partial charge in [-0.25, -0.2) is 0 Å². The smallest absolute Gasteiger partial charge is 0.297 e. The van der Waals surface area contributed by atoms with Gasteiger partial charge in [-0.1, -0.05) is 108 Å². The Kier molecular flexibility index (Phi) is 4.46. The van der Waals surface area contributed by atoms with Crippen LogP contribution in [0, 0.1) is 0 Å². The van der Waals surface area contributed by atoms with Gasteiger partial charge in [-0.2, -0.15) is 0 Å². The Bertz CT molecular complexity index is 1400. The maximum absolute atomic E-state index is 15.2. The minimum atomic E-state index is -2.56. The van der Waals surface area contributed by atoms with Crippen molar-refractivity contribution in [1.82, 2.24) is 0 Å². The minimum Gasteiger partial charge on any atom is -0.297 e. The molecule has 0 saturated heterocycles. The molecule has 0 radical (unpaired) electrons. The van der Waals surface area contributed by atoms with Gasteiger partial charge in [0.05, 0.1) is 0 Å². The third kappa shape index (κ3) is 2.90. The summed E-state index contributed by atoms with van der Waals surface area (Å²) < 4.78 is 30.4. The number of hydrogen-bond donors (Lipinski definition) is 0. The van der Waals surface area contributed by atoms with Crippen molar-refractivity contribution in [1.29, 1.82) is 0 Å². The van der Waals surface area contributed by atoms with Crippen LogP contribution in [0.15, 0.2) is 109 Å². The highest BCUT2D eigenvalue weighted by Crippen LogP contribution is 2.26. The van der Waals surface area contributed by atoms with Crippen LogP contribution in [-0.2, 0) is 0 Å². The first kappa shape index (κ1) is 19.1. The summed E-state index contributed by atoms with van der Waals surface area (Å²) >= 11 is 0. The standard InChI is InChI=1S/C28H18B2F2/c31-30(32)29(27-23-13-5-1-9-19(23)17-20-10-2-6-14-24(20)27)28-25-15-7-3-11-21(25)18-22-12-4-8-16-26(22)28/h1-18H. The lowest BCUT2D eigenvalue weighted by atomic mass is 9.20. The maximum Gasteiger partial charge on any atom is 0.504 e. The van der Waals surface area contributed by atoms with Crippen LogP contribution in [0.2, 0.25) is 0 Å². The van der Waals surface area contributed by atoms with Gasteiger partial charge >= 0.3 is 7.16 Å². The average Bonchev–Trinajstić information content (AvgIpc) is 2.83. The second-order valence-electron chi connectivity index (χ2n) is 8.28. The van der Waals surface area contributed by atoms with E-state index in [-0.39, 0.29) is 0 Å². The Morgan fingerprint density at radius 1 is 0.406 bits per heavy atom. The largest absolute Gasteiger partial charge is 0.504 e. The van der Waals surface area contributed by atoms with Crippen molar-refractivity contribution in [2.45, 2.75) is 0 Å². The zero-order chi connectivity index (χ0) is 21.7. The molecule has 0 aliphatic carbocycles. The van der Waals surface area contributed by atoms with Crippen LogP contribution in [0.25, 0.3) is 43.1 Å². The fourth-order valence-corrected chi connectivity index (χ4v) is 5.16. The van der Waals surface area contributed by atoms with E-state index in [0.717, 1.165) is 43.1 Å². The van der Waals surface area contributed by atoms with E-state index in [4.69, 9.17) is 0 Å². The Labute approximate surface area is 185 Å². The Hall–Kier alpha value is -3.65. The molecule has 0 spiro atoms. The van der Waals surface area contributed by atoms with Crippen LogP contribution in [0.3, 0.4) is 0 Å². The van der Waals surface area contributed by atoms with Crippen molar-refractivity contribution in [3.63, 3.8) is 0 Å². The molecular formula is C28H18B2F2. The van der Waals surface area contributed by atoms with Crippen LogP contribution in [0.4, 0.5) is 8.63 Å². The third-order valence-corrected chi connectivity index (χ3v) is 6.50. The van der Waals surface area contributed by atoms with Gasteiger partial charge in [-0.3, -0.25) is 8.63 Å². The summed E-state index contributed by atoms with van der Waals surface area (Å²) in [4.78, 5) is 0. The molecule has 6 aromatic rings. The molecule has 0 saturated carbocycles. The van der Waals surface area contributed by atoms with Gasteiger partial charge in [-0.05, 0) is 55.2 Å². The van der Waals surface area contributed by atoms with Gasteiger partial charge < -0.3 is 0 Å². The predicted molar refractivity (Wildman–Crippen MR) is 136 cm³/mol. The van der Waals surface area contributed by atoms with E-state index in [1.54, 1.807) is 0 Å². The monoisotopic (exact) mass is 414 g/mol. The molecule has 0 N–H and O–H groups in total. The van der Waals surface area contributed by atoms with Gasteiger partial charge in [0.15, 0.2) is 0 Å². The number of benzene rings is 6. The lowest BCUT2D eigenvalue weighted by Crippen LogP contribution is -2.52. The van der Waals surface area contributed by atoms with E-state index < -0.39 is 13.8 Å². The predicted octanol–water partition coefficient (Wildman–Crippen LogP) is 6.41. The number of fused-ring (bicyclic) bond motifs is 4. The summed E-state index contributed by atoms with van der Waals surface area (Å²) in [7, 11) is -2.56. The van der Waals surface area contributed by atoms with Crippen LogP contribution in [0.5, 0.6) is 0 Å². The van der Waals surface area contributed by atoms with Crippen molar-refractivity contribution in [3.05, 3.63) is 109 Å². The zero-order valence-corrected chi connectivity index (χ0v) is 17.3. The van der Waals surface area contributed by atoms with Gasteiger partial charge in [0.25, 0.3) is 6.60 Å². The van der Waals surface area contributed by atoms with E-state index in [2.05, 4.69) is 12.1 Å². The molecule has 0 unspecified atom stereocenters. The van der Waals surface area contributed by atoms with E-state index in [1.165, 1.54) is 0 Å². The molecule has 150 valence electrons. The molecule has 0 heterocycles. The van der Waals surface area contributed by atoms with Crippen molar-refractivity contribution < 1.29 is 8.63 Å². The molecule has 0 atom stereocenters. The molecule has 4 heteroatoms.